The smallest absolute Gasteiger partial charge is 0.263 e. The summed E-state index contributed by atoms with van der Waals surface area (Å²) in [6, 6.07) is 4.27. The van der Waals surface area contributed by atoms with Crippen LogP contribution < -0.4 is 4.74 Å². The van der Waals surface area contributed by atoms with Crippen molar-refractivity contribution < 1.29 is 23.0 Å². The Morgan fingerprint density at radius 1 is 1.27 bits per heavy atom. The summed E-state index contributed by atoms with van der Waals surface area (Å²) in [5, 5.41) is 8.58. The van der Waals surface area contributed by atoms with Crippen LogP contribution in [-0.2, 0) is 22.5 Å². The summed E-state index contributed by atoms with van der Waals surface area (Å²) in [5.74, 6) is 0.278. The maximum Gasteiger partial charge on any atom is 0.263 e. The normalized spacial score (nSPS) is 17.4. The number of hydrogen-bond donors (Lipinski definition) is 0. The van der Waals surface area contributed by atoms with Gasteiger partial charge in [0.05, 0.1) is 12.2 Å². The van der Waals surface area contributed by atoms with Crippen molar-refractivity contribution in [3.05, 3.63) is 40.0 Å². The largest absolute Gasteiger partial charge is 0.467 e. The average molecular weight is 383 g/mol. The highest BCUT2D eigenvalue weighted by molar-refractivity contribution is 6.30. The number of rotatable bonds is 5. The number of methoxy groups -OCH3 is 1. The van der Waals surface area contributed by atoms with E-state index >= 15 is 0 Å². The summed E-state index contributed by atoms with van der Waals surface area (Å²) in [6.45, 7) is 0.315. The molecule has 138 valence electrons. The Kier molecular flexibility index (Phi) is 4.54. The maximum absolute atomic E-state index is 13.1. The van der Waals surface area contributed by atoms with E-state index in [0.717, 1.165) is 24.0 Å². The molecule has 2 aliphatic rings. The minimum Gasteiger partial charge on any atom is -0.467 e. The predicted octanol–water partition coefficient (Wildman–Crippen LogP) is 4.32. The number of alkyl halides is 2. The van der Waals surface area contributed by atoms with Gasteiger partial charge in [-0.3, -0.25) is 0 Å². The summed E-state index contributed by atoms with van der Waals surface area (Å²) in [5.41, 5.74) is 2.64. The zero-order valence-electron chi connectivity index (χ0n) is 14.1. The molecule has 8 heteroatoms. The summed E-state index contributed by atoms with van der Waals surface area (Å²) >= 11 is 6.20. The minimum absolute atomic E-state index is 0.0596. The second-order valence-electron chi connectivity index (χ2n) is 6.55. The lowest BCUT2D eigenvalue weighted by atomic mass is 9.93. The van der Waals surface area contributed by atoms with Gasteiger partial charge >= 0.3 is 0 Å². The first-order chi connectivity index (χ1) is 12.5. The van der Waals surface area contributed by atoms with Crippen LogP contribution in [-0.4, -0.2) is 29.7 Å². The van der Waals surface area contributed by atoms with Crippen molar-refractivity contribution in [3.63, 3.8) is 0 Å². The molecular formula is C18H17ClF2N2O3. The monoisotopic (exact) mass is 382 g/mol. The van der Waals surface area contributed by atoms with E-state index in [1.165, 1.54) is 19.2 Å². The van der Waals surface area contributed by atoms with Crippen LogP contribution in [0.15, 0.2) is 18.2 Å². The van der Waals surface area contributed by atoms with Crippen molar-refractivity contribution in [3.8, 4) is 17.0 Å². The van der Waals surface area contributed by atoms with Crippen LogP contribution in [0.1, 0.15) is 36.0 Å². The minimum atomic E-state index is -2.60. The SMILES string of the molecule is COCOc1cc(C(F)F)ccc1-c1nnc(Cl)c2c1CC1(CC1)OC2. The molecule has 0 atom stereocenters. The molecule has 4 rings (SSSR count). The molecule has 1 fully saturated rings. The number of halogens is 3. The van der Waals surface area contributed by atoms with E-state index in [9.17, 15) is 8.78 Å². The molecule has 0 unspecified atom stereocenters. The number of benzene rings is 1. The van der Waals surface area contributed by atoms with Gasteiger partial charge in [-0.15, -0.1) is 10.2 Å². The van der Waals surface area contributed by atoms with Gasteiger partial charge in [0.15, 0.2) is 11.9 Å². The highest BCUT2D eigenvalue weighted by atomic mass is 35.5. The third kappa shape index (κ3) is 3.15. The lowest BCUT2D eigenvalue weighted by Crippen LogP contribution is -2.25. The van der Waals surface area contributed by atoms with Crippen LogP contribution in [0.25, 0.3) is 11.3 Å². The van der Waals surface area contributed by atoms with E-state index in [4.69, 9.17) is 25.8 Å². The van der Waals surface area contributed by atoms with Gasteiger partial charge in [-0.2, -0.15) is 0 Å². The molecule has 1 aliphatic heterocycles. The fraction of sp³-hybridized carbons (Fsp3) is 0.444. The van der Waals surface area contributed by atoms with Crippen molar-refractivity contribution >= 4 is 11.6 Å². The van der Waals surface area contributed by atoms with Crippen molar-refractivity contribution in [2.75, 3.05) is 13.9 Å². The first-order valence-corrected chi connectivity index (χ1v) is 8.63. The molecule has 0 saturated heterocycles. The van der Waals surface area contributed by atoms with Gasteiger partial charge < -0.3 is 14.2 Å². The van der Waals surface area contributed by atoms with Gasteiger partial charge in [0, 0.05) is 30.2 Å². The molecule has 2 aromatic rings. The Morgan fingerprint density at radius 3 is 2.77 bits per heavy atom. The predicted molar refractivity (Wildman–Crippen MR) is 90.4 cm³/mol. The number of fused-ring (bicyclic) bond motifs is 1. The van der Waals surface area contributed by atoms with Crippen LogP contribution >= 0.6 is 11.6 Å². The zero-order chi connectivity index (χ0) is 18.3. The van der Waals surface area contributed by atoms with Crippen LogP contribution in [0, 0.1) is 0 Å². The highest BCUT2D eigenvalue weighted by Gasteiger charge is 2.48. The van der Waals surface area contributed by atoms with E-state index in [1.807, 2.05) is 0 Å². The Labute approximate surface area is 154 Å². The Balaban J connectivity index is 1.82. The number of hydrogen-bond acceptors (Lipinski definition) is 5. The summed E-state index contributed by atoms with van der Waals surface area (Å²) in [4.78, 5) is 0. The first kappa shape index (κ1) is 17.6. The summed E-state index contributed by atoms with van der Waals surface area (Å²) in [6.07, 6.45) is 0.0573. The fourth-order valence-corrected chi connectivity index (χ4v) is 3.41. The van der Waals surface area contributed by atoms with E-state index in [1.54, 1.807) is 6.07 Å². The molecule has 1 spiro atoms. The Hall–Kier alpha value is -1.83. The summed E-state index contributed by atoms with van der Waals surface area (Å²) in [7, 11) is 1.47. The van der Waals surface area contributed by atoms with Gasteiger partial charge in [-0.05, 0) is 30.5 Å². The second kappa shape index (κ2) is 6.72. The molecule has 0 radical (unpaired) electrons. The van der Waals surface area contributed by atoms with Crippen molar-refractivity contribution in [1.82, 2.24) is 10.2 Å². The molecular weight excluding hydrogens is 366 g/mol. The molecule has 2 heterocycles. The quantitative estimate of drug-likeness (QED) is 0.721. The van der Waals surface area contributed by atoms with Crippen LogP contribution in [0.3, 0.4) is 0 Å². The Bertz CT molecular complexity index is 843. The van der Waals surface area contributed by atoms with Gasteiger partial charge in [-0.25, -0.2) is 8.78 Å². The lowest BCUT2D eigenvalue weighted by molar-refractivity contribution is 0.00796. The third-order valence-electron chi connectivity index (χ3n) is 4.81. The summed E-state index contributed by atoms with van der Waals surface area (Å²) < 4.78 is 42.6. The van der Waals surface area contributed by atoms with Crippen LogP contribution in [0.4, 0.5) is 8.78 Å². The van der Waals surface area contributed by atoms with Gasteiger partial charge in [0.2, 0.25) is 0 Å². The number of ether oxygens (including phenoxy) is 3. The Morgan fingerprint density at radius 2 is 2.08 bits per heavy atom. The third-order valence-corrected chi connectivity index (χ3v) is 5.12. The van der Waals surface area contributed by atoms with Crippen molar-refractivity contribution in [1.29, 1.82) is 0 Å². The molecule has 1 saturated carbocycles. The molecule has 26 heavy (non-hydrogen) atoms. The maximum atomic E-state index is 13.1. The molecule has 1 aromatic heterocycles. The van der Waals surface area contributed by atoms with Crippen molar-refractivity contribution in [2.45, 2.75) is 37.9 Å². The first-order valence-electron chi connectivity index (χ1n) is 8.25. The van der Waals surface area contributed by atoms with Gasteiger partial charge in [0.1, 0.15) is 11.4 Å². The molecule has 1 aromatic carbocycles. The molecule has 1 aliphatic carbocycles. The van der Waals surface area contributed by atoms with Gasteiger partial charge in [-0.1, -0.05) is 17.7 Å². The van der Waals surface area contributed by atoms with E-state index in [2.05, 4.69) is 10.2 Å². The molecule has 5 nitrogen and oxygen atoms in total. The fourth-order valence-electron chi connectivity index (χ4n) is 3.21. The van der Waals surface area contributed by atoms with Gasteiger partial charge in [0.25, 0.3) is 6.43 Å². The number of nitrogens with zero attached hydrogens (tertiary/aromatic N) is 2. The average Bonchev–Trinajstić information content (AvgIpc) is 3.38. The topological polar surface area (TPSA) is 53.5 Å². The lowest BCUT2D eigenvalue weighted by Gasteiger charge is -2.27. The van der Waals surface area contributed by atoms with Crippen LogP contribution in [0.2, 0.25) is 5.15 Å². The number of aromatic nitrogens is 2. The zero-order valence-corrected chi connectivity index (χ0v) is 14.9. The highest BCUT2D eigenvalue weighted by Crippen LogP contribution is 2.49. The molecule has 0 bridgehead atoms. The van der Waals surface area contributed by atoms with E-state index < -0.39 is 6.43 Å². The van der Waals surface area contributed by atoms with E-state index in [0.29, 0.717) is 29.4 Å². The molecule has 0 amide bonds. The van der Waals surface area contributed by atoms with Crippen LogP contribution in [0.5, 0.6) is 5.75 Å². The standard InChI is InChI=1S/C18H17ClF2N2O3/c1-24-9-25-14-6-10(17(20)21)2-3-11(14)15-12-7-18(4-5-18)26-8-13(12)16(19)23-22-15/h2-3,6,17H,4-5,7-9H2,1H3. The van der Waals surface area contributed by atoms with Crippen molar-refractivity contribution in [2.24, 2.45) is 0 Å². The van der Waals surface area contributed by atoms with E-state index in [-0.39, 0.29) is 23.7 Å². The molecule has 0 N–H and O–H groups in total. The second-order valence-corrected chi connectivity index (χ2v) is 6.91.